The highest BCUT2D eigenvalue weighted by molar-refractivity contribution is 7.98. The number of rotatable bonds is 8. The molecule has 8 nitrogen and oxygen atoms in total. The molecule has 0 saturated carbocycles. The molecule has 0 aliphatic carbocycles. The monoisotopic (exact) mass is 474 g/mol. The molecule has 0 N–H and O–H groups in total. The lowest BCUT2D eigenvalue weighted by atomic mass is 10.2. The van der Waals surface area contributed by atoms with Gasteiger partial charge in [-0.25, -0.2) is 4.98 Å². The van der Waals surface area contributed by atoms with Gasteiger partial charge in [0.25, 0.3) is 0 Å². The Kier molecular flexibility index (Phi) is 6.09. The highest BCUT2D eigenvalue weighted by Gasteiger charge is 2.19. The fourth-order valence-electron chi connectivity index (χ4n) is 3.69. The van der Waals surface area contributed by atoms with Gasteiger partial charge in [-0.3, -0.25) is 4.57 Å². The number of nitrogens with zero attached hydrogens (tertiary/aromatic N) is 4. The van der Waals surface area contributed by atoms with Gasteiger partial charge in [-0.1, -0.05) is 42.1 Å². The predicted molar refractivity (Wildman–Crippen MR) is 130 cm³/mol. The minimum absolute atomic E-state index is 0.367. The number of benzene rings is 3. The third kappa shape index (κ3) is 4.06. The number of fused-ring (bicyclic) bond motifs is 1. The highest BCUT2D eigenvalue weighted by Crippen LogP contribution is 2.41. The summed E-state index contributed by atoms with van der Waals surface area (Å²) in [6.07, 6.45) is 0. The van der Waals surface area contributed by atoms with Gasteiger partial charge >= 0.3 is 0 Å². The third-order valence-electron chi connectivity index (χ3n) is 5.25. The summed E-state index contributed by atoms with van der Waals surface area (Å²) in [6, 6.07) is 21.8. The van der Waals surface area contributed by atoms with Crippen LogP contribution in [0.2, 0.25) is 0 Å². The predicted octanol–water partition coefficient (Wildman–Crippen LogP) is 5.39. The van der Waals surface area contributed by atoms with Crippen molar-refractivity contribution in [2.24, 2.45) is 0 Å². The maximum Gasteiger partial charge on any atom is 0.248 e. The fourth-order valence-corrected chi connectivity index (χ4v) is 4.55. The lowest BCUT2D eigenvalue weighted by molar-refractivity contribution is 0.324. The summed E-state index contributed by atoms with van der Waals surface area (Å²) < 4.78 is 24.3. The number of methoxy groups -OCH3 is 3. The minimum Gasteiger partial charge on any atom is -0.493 e. The van der Waals surface area contributed by atoms with E-state index in [9.17, 15) is 0 Å². The second-order valence-electron chi connectivity index (χ2n) is 7.26. The van der Waals surface area contributed by atoms with Crippen molar-refractivity contribution >= 4 is 22.8 Å². The first-order valence-electron chi connectivity index (χ1n) is 10.5. The van der Waals surface area contributed by atoms with Gasteiger partial charge in [-0.15, -0.1) is 10.2 Å². The Labute approximate surface area is 200 Å². The van der Waals surface area contributed by atoms with Crippen LogP contribution in [0.5, 0.6) is 17.2 Å². The minimum atomic E-state index is 0.367. The molecule has 0 fully saturated rings. The van der Waals surface area contributed by atoms with Crippen molar-refractivity contribution < 1.29 is 18.6 Å². The van der Waals surface area contributed by atoms with E-state index in [-0.39, 0.29) is 0 Å². The average molecular weight is 475 g/mol. The van der Waals surface area contributed by atoms with E-state index in [1.165, 1.54) is 11.8 Å². The second kappa shape index (κ2) is 9.48. The summed E-state index contributed by atoms with van der Waals surface area (Å²) in [5, 5.41) is 9.30. The molecule has 34 heavy (non-hydrogen) atoms. The molecule has 0 spiro atoms. The van der Waals surface area contributed by atoms with Crippen LogP contribution in [0.1, 0.15) is 5.89 Å². The summed E-state index contributed by atoms with van der Waals surface area (Å²) >= 11 is 1.54. The molecule has 0 aliphatic rings. The zero-order valence-electron chi connectivity index (χ0n) is 18.9. The Morgan fingerprint density at radius 2 is 1.56 bits per heavy atom. The molecule has 3 aromatic carbocycles. The maximum atomic E-state index is 5.95. The lowest BCUT2D eigenvalue weighted by Gasteiger charge is -2.12. The number of hydrogen-bond donors (Lipinski definition) is 0. The lowest BCUT2D eigenvalue weighted by Crippen LogP contribution is -1.96. The smallest absolute Gasteiger partial charge is 0.248 e. The molecular weight excluding hydrogens is 452 g/mol. The molecule has 0 bridgehead atoms. The molecule has 5 rings (SSSR count). The topological polar surface area (TPSA) is 84.4 Å². The van der Waals surface area contributed by atoms with Gasteiger partial charge in [0.2, 0.25) is 17.5 Å². The van der Waals surface area contributed by atoms with Crippen molar-refractivity contribution in [3.05, 3.63) is 72.6 Å². The molecule has 0 amide bonds. The van der Waals surface area contributed by atoms with Gasteiger partial charge in [-0.2, -0.15) is 0 Å². The molecule has 172 valence electrons. The Balaban J connectivity index is 1.43. The van der Waals surface area contributed by atoms with Crippen LogP contribution in [-0.2, 0) is 5.75 Å². The number of imidazole rings is 1. The molecule has 0 saturated heterocycles. The number of ether oxygens (including phenoxy) is 3. The summed E-state index contributed by atoms with van der Waals surface area (Å²) in [4.78, 5) is 4.82. The first-order valence-corrected chi connectivity index (χ1v) is 11.5. The van der Waals surface area contributed by atoms with Crippen molar-refractivity contribution in [1.29, 1.82) is 0 Å². The largest absolute Gasteiger partial charge is 0.493 e. The number of hydrogen-bond acceptors (Lipinski definition) is 8. The van der Waals surface area contributed by atoms with Crippen LogP contribution in [0.15, 0.2) is 76.3 Å². The Hall–Kier alpha value is -3.98. The van der Waals surface area contributed by atoms with Crippen LogP contribution in [0.25, 0.3) is 28.2 Å². The SMILES string of the molecule is COc1cc(-c2nnc(CSc3nc4ccccc4n3-c3ccccc3)o2)cc(OC)c1OC. The highest BCUT2D eigenvalue weighted by atomic mass is 32.2. The molecule has 2 heterocycles. The third-order valence-corrected chi connectivity index (χ3v) is 6.17. The van der Waals surface area contributed by atoms with Crippen LogP contribution in [-0.4, -0.2) is 41.1 Å². The van der Waals surface area contributed by atoms with E-state index >= 15 is 0 Å². The summed E-state index contributed by atoms with van der Waals surface area (Å²) in [7, 11) is 4.69. The Morgan fingerprint density at radius 1 is 0.853 bits per heavy atom. The molecule has 0 aliphatic heterocycles. The number of aromatic nitrogens is 4. The van der Waals surface area contributed by atoms with Crippen molar-refractivity contribution in [1.82, 2.24) is 19.7 Å². The summed E-state index contributed by atoms with van der Waals surface area (Å²) in [6.45, 7) is 0. The van der Waals surface area contributed by atoms with Crippen molar-refractivity contribution in [3.8, 4) is 34.4 Å². The molecule has 9 heteroatoms. The van der Waals surface area contributed by atoms with Gasteiger partial charge in [0.1, 0.15) is 0 Å². The van der Waals surface area contributed by atoms with E-state index in [0.29, 0.717) is 40.3 Å². The van der Waals surface area contributed by atoms with E-state index in [2.05, 4.69) is 33.0 Å². The van der Waals surface area contributed by atoms with Crippen molar-refractivity contribution in [3.63, 3.8) is 0 Å². The Bertz CT molecular complexity index is 1410. The van der Waals surface area contributed by atoms with Crippen LogP contribution in [0.3, 0.4) is 0 Å². The fraction of sp³-hybridized carbons (Fsp3) is 0.160. The zero-order chi connectivity index (χ0) is 23.5. The van der Waals surface area contributed by atoms with Gasteiger partial charge in [-0.05, 0) is 36.4 Å². The van der Waals surface area contributed by atoms with Crippen molar-refractivity contribution in [2.75, 3.05) is 21.3 Å². The standard InChI is InChI=1S/C25H22N4O4S/c1-30-20-13-16(14-21(31-2)23(20)32-3)24-28-27-22(33-24)15-34-25-26-18-11-7-8-12-19(18)29(25)17-9-5-4-6-10-17/h4-14H,15H2,1-3H3. The van der Waals surface area contributed by atoms with E-state index in [0.717, 1.165) is 21.9 Å². The molecule has 0 radical (unpaired) electrons. The van der Waals surface area contributed by atoms with Crippen molar-refractivity contribution in [2.45, 2.75) is 10.9 Å². The molecule has 2 aromatic heterocycles. The first kappa shape index (κ1) is 21.8. The van der Waals surface area contributed by atoms with Crippen LogP contribution in [0, 0.1) is 0 Å². The van der Waals surface area contributed by atoms with E-state index < -0.39 is 0 Å². The molecule has 0 unspecified atom stereocenters. The molecule has 5 aromatic rings. The van der Waals surface area contributed by atoms with E-state index in [4.69, 9.17) is 23.6 Å². The van der Waals surface area contributed by atoms with E-state index in [1.54, 1.807) is 33.5 Å². The second-order valence-corrected chi connectivity index (χ2v) is 8.20. The number of para-hydroxylation sites is 3. The normalized spacial score (nSPS) is 11.0. The van der Waals surface area contributed by atoms with Gasteiger partial charge in [0.15, 0.2) is 16.7 Å². The van der Waals surface area contributed by atoms with Crippen LogP contribution < -0.4 is 14.2 Å². The first-order chi connectivity index (χ1) is 16.7. The number of thioether (sulfide) groups is 1. The zero-order valence-corrected chi connectivity index (χ0v) is 19.7. The maximum absolute atomic E-state index is 5.95. The van der Waals surface area contributed by atoms with Gasteiger partial charge in [0.05, 0.1) is 38.1 Å². The molecule has 0 atom stereocenters. The van der Waals surface area contributed by atoms with Gasteiger partial charge in [0, 0.05) is 11.3 Å². The Morgan fingerprint density at radius 3 is 2.26 bits per heavy atom. The quantitative estimate of drug-likeness (QED) is 0.277. The summed E-state index contributed by atoms with van der Waals surface area (Å²) in [5.41, 5.74) is 3.69. The van der Waals surface area contributed by atoms with Crippen LogP contribution >= 0.6 is 11.8 Å². The average Bonchev–Trinajstić information content (AvgIpc) is 3.51. The van der Waals surface area contributed by atoms with Crippen LogP contribution in [0.4, 0.5) is 0 Å². The van der Waals surface area contributed by atoms with E-state index in [1.807, 2.05) is 36.4 Å². The van der Waals surface area contributed by atoms with Gasteiger partial charge < -0.3 is 18.6 Å². The summed E-state index contributed by atoms with van der Waals surface area (Å²) in [5.74, 6) is 2.86. The molecular formula is C25H22N4O4S.